The number of hydrogen-bond acceptors (Lipinski definition) is 5. The van der Waals surface area contributed by atoms with Crippen LogP contribution in [0.4, 0.5) is 4.79 Å². The normalized spacial score (nSPS) is 17.4. The van der Waals surface area contributed by atoms with Gasteiger partial charge in [-0.05, 0) is 44.8 Å². The highest BCUT2D eigenvalue weighted by molar-refractivity contribution is 6.58. The fraction of sp³-hybridized carbons (Fsp3) is 0.529. The number of carbonyl (C=O) groups excluding carboxylic acids is 2. The number of rotatable bonds is 3. The van der Waals surface area contributed by atoms with Gasteiger partial charge in [-0.3, -0.25) is 4.79 Å². The molecular weight excluding hydrogens is 323 g/mol. The highest BCUT2D eigenvalue weighted by Gasteiger charge is 2.33. The van der Waals surface area contributed by atoms with Crippen molar-refractivity contribution in [1.29, 1.82) is 0 Å². The van der Waals surface area contributed by atoms with Gasteiger partial charge < -0.3 is 24.6 Å². The smallest absolute Gasteiger partial charge is 0.444 e. The van der Waals surface area contributed by atoms with Crippen LogP contribution >= 0.6 is 0 Å². The van der Waals surface area contributed by atoms with E-state index in [2.05, 4.69) is 0 Å². The van der Waals surface area contributed by atoms with E-state index in [4.69, 9.17) is 14.8 Å². The Morgan fingerprint density at radius 3 is 2.36 bits per heavy atom. The molecule has 25 heavy (non-hydrogen) atoms. The average molecular weight is 348 g/mol. The van der Waals surface area contributed by atoms with E-state index >= 15 is 0 Å². The van der Waals surface area contributed by atoms with Gasteiger partial charge >= 0.3 is 13.2 Å². The standard InChI is InChI=1S/C17H25BN2O5/c1-17(2,3)25-16(22)19(4)14-9-10-20(11-14)15(21)12-5-7-13(8-6-12)18(23)24/h5-8,14,23-24H,9-11H2,1-4H3/t14-/m0/s1. The molecule has 1 heterocycles. The number of nitrogens with zero attached hydrogens (tertiary/aromatic N) is 2. The van der Waals surface area contributed by atoms with Crippen molar-refractivity contribution >= 4 is 24.6 Å². The first-order chi connectivity index (χ1) is 11.6. The first kappa shape index (κ1) is 19.3. The zero-order chi connectivity index (χ0) is 18.8. The summed E-state index contributed by atoms with van der Waals surface area (Å²) in [7, 11) is 0.132. The van der Waals surface area contributed by atoms with Crippen molar-refractivity contribution in [3.63, 3.8) is 0 Å². The average Bonchev–Trinajstić information content (AvgIpc) is 3.01. The fourth-order valence-corrected chi connectivity index (χ4v) is 2.71. The molecule has 1 aromatic rings. The van der Waals surface area contributed by atoms with Crippen molar-refractivity contribution < 1.29 is 24.4 Å². The Bertz CT molecular complexity index is 627. The van der Waals surface area contributed by atoms with E-state index in [9.17, 15) is 9.59 Å². The second kappa shape index (κ2) is 7.45. The molecule has 0 unspecified atom stereocenters. The minimum Gasteiger partial charge on any atom is -0.444 e. The number of amides is 2. The lowest BCUT2D eigenvalue weighted by Crippen LogP contribution is -2.42. The summed E-state index contributed by atoms with van der Waals surface area (Å²) >= 11 is 0. The lowest BCUT2D eigenvalue weighted by Gasteiger charge is -2.28. The van der Waals surface area contributed by atoms with Gasteiger partial charge in [-0.1, -0.05) is 12.1 Å². The zero-order valence-corrected chi connectivity index (χ0v) is 15.1. The SMILES string of the molecule is CN(C(=O)OC(C)(C)C)[C@H]1CCN(C(=O)c2ccc(B(O)O)cc2)C1. The molecule has 2 N–H and O–H groups in total. The maximum atomic E-state index is 12.6. The molecule has 1 fully saturated rings. The van der Waals surface area contributed by atoms with Gasteiger partial charge in [-0.2, -0.15) is 0 Å². The summed E-state index contributed by atoms with van der Waals surface area (Å²) in [6.07, 6.45) is 0.294. The minimum atomic E-state index is -1.55. The summed E-state index contributed by atoms with van der Waals surface area (Å²) in [5.74, 6) is -0.140. The molecule has 1 aromatic carbocycles. The molecular formula is C17H25BN2O5. The van der Waals surface area contributed by atoms with Crippen LogP contribution in [0.2, 0.25) is 0 Å². The lowest BCUT2D eigenvalue weighted by molar-refractivity contribution is 0.0226. The molecule has 0 radical (unpaired) electrons. The van der Waals surface area contributed by atoms with E-state index in [1.54, 1.807) is 29.0 Å². The number of ether oxygens (including phenoxy) is 1. The summed E-state index contributed by atoms with van der Waals surface area (Å²) in [5, 5.41) is 18.2. The number of likely N-dealkylation sites (tertiary alicyclic amines) is 1. The summed E-state index contributed by atoms with van der Waals surface area (Å²) in [6, 6.07) is 6.08. The molecule has 0 bridgehead atoms. The largest absolute Gasteiger partial charge is 0.488 e. The van der Waals surface area contributed by atoms with E-state index in [0.717, 1.165) is 0 Å². The van der Waals surface area contributed by atoms with Crippen LogP contribution in [-0.2, 0) is 4.74 Å². The molecule has 136 valence electrons. The van der Waals surface area contributed by atoms with Crippen LogP contribution in [0.25, 0.3) is 0 Å². The molecule has 2 rings (SSSR count). The van der Waals surface area contributed by atoms with Gasteiger partial charge in [-0.15, -0.1) is 0 Å². The summed E-state index contributed by atoms with van der Waals surface area (Å²) in [5.41, 5.74) is 0.254. The Labute approximate surface area is 148 Å². The Hall–Kier alpha value is -2.06. The second-order valence-corrected chi connectivity index (χ2v) is 7.28. The van der Waals surface area contributed by atoms with E-state index in [1.807, 2.05) is 20.8 Å². The molecule has 2 amide bonds. The predicted molar refractivity (Wildman–Crippen MR) is 94.6 cm³/mol. The Morgan fingerprint density at radius 2 is 1.84 bits per heavy atom. The van der Waals surface area contributed by atoms with Gasteiger partial charge in [0.1, 0.15) is 5.60 Å². The Kier molecular flexibility index (Phi) is 5.74. The van der Waals surface area contributed by atoms with Gasteiger partial charge in [0.05, 0.1) is 6.04 Å². The van der Waals surface area contributed by atoms with Crippen LogP contribution in [0.3, 0.4) is 0 Å². The third-order valence-electron chi connectivity index (χ3n) is 4.14. The highest BCUT2D eigenvalue weighted by atomic mass is 16.6. The van der Waals surface area contributed by atoms with E-state index in [1.165, 1.54) is 12.1 Å². The van der Waals surface area contributed by atoms with Crippen LogP contribution < -0.4 is 5.46 Å². The van der Waals surface area contributed by atoms with Crippen LogP contribution in [0.1, 0.15) is 37.6 Å². The Balaban J connectivity index is 1.97. The van der Waals surface area contributed by atoms with Crippen molar-refractivity contribution in [3.8, 4) is 0 Å². The minimum absolute atomic E-state index is 0.0858. The van der Waals surface area contributed by atoms with E-state index in [0.29, 0.717) is 30.5 Å². The lowest BCUT2D eigenvalue weighted by atomic mass is 9.80. The third-order valence-corrected chi connectivity index (χ3v) is 4.14. The molecule has 0 aromatic heterocycles. The topological polar surface area (TPSA) is 90.3 Å². The maximum Gasteiger partial charge on any atom is 0.488 e. The van der Waals surface area contributed by atoms with Gasteiger partial charge in [0.2, 0.25) is 0 Å². The quantitative estimate of drug-likeness (QED) is 0.774. The molecule has 1 saturated heterocycles. The molecule has 0 saturated carbocycles. The first-order valence-electron chi connectivity index (χ1n) is 8.29. The zero-order valence-electron chi connectivity index (χ0n) is 15.1. The fourth-order valence-electron chi connectivity index (χ4n) is 2.71. The van der Waals surface area contributed by atoms with E-state index in [-0.39, 0.29) is 11.9 Å². The predicted octanol–water partition coefficient (Wildman–Crippen LogP) is 0.448. The van der Waals surface area contributed by atoms with Crippen LogP contribution in [0.15, 0.2) is 24.3 Å². The van der Waals surface area contributed by atoms with Crippen molar-refractivity contribution in [2.45, 2.75) is 38.8 Å². The molecule has 1 aliphatic rings. The van der Waals surface area contributed by atoms with Crippen molar-refractivity contribution in [2.75, 3.05) is 20.1 Å². The molecule has 1 aliphatic heterocycles. The number of benzene rings is 1. The molecule has 1 atom stereocenters. The van der Waals surface area contributed by atoms with Crippen LogP contribution in [0, 0.1) is 0 Å². The van der Waals surface area contributed by atoms with Gasteiger partial charge in [0, 0.05) is 25.7 Å². The first-order valence-corrected chi connectivity index (χ1v) is 8.29. The molecule has 0 aliphatic carbocycles. The van der Waals surface area contributed by atoms with Gasteiger partial charge in [0.25, 0.3) is 5.91 Å². The summed E-state index contributed by atoms with van der Waals surface area (Å²) < 4.78 is 5.36. The number of hydrogen-bond donors (Lipinski definition) is 2. The Morgan fingerprint density at radius 1 is 1.24 bits per heavy atom. The van der Waals surface area contributed by atoms with Gasteiger partial charge in [-0.25, -0.2) is 4.79 Å². The van der Waals surface area contributed by atoms with Crippen LogP contribution in [0.5, 0.6) is 0 Å². The maximum absolute atomic E-state index is 12.6. The monoisotopic (exact) mass is 348 g/mol. The van der Waals surface area contributed by atoms with Crippen molar-refractivity contribution in [2.24, 2.45) is 0 Å². The van der Waals surface area contributed by atoms with Gasteiger partial charge in [0.15, 0.2) is 0 Å². The number of likely N-dealkylation sites (N-methyl/N-ethyl adjacent to an activating group) is 1. The molecule has 8 heteroatoms. The third kappa shape index (κ3) is 4.96. The number of carbonyl (C=O) groups is 2. The second-order valence-electron chi connectivity index (χ2n) is 7.28. The van der Waals surface area contributed by atoms with E-state index < -0.39 is 18.8 Å². The summed E-state index contributed by atoms with van der Waals surface area (Å²) in [6.45, 7) is 6.45. The van der Waals surface area contributed by atoms with Crippen molar-refractivity contribution in [3.05, 3.63) is 29.8 Å². The summed E-state index contributed by atoms with van der Waals surface area (Å²) in [4.78, 5) is 27.9. The van der Waals surface area contributed by atoms with Crippen molar-refractivity contribution in [1.82, 2.24) is 9.80 Å². The molecule has 7 nitrogen and oxygen atoms in total. The van der Waals surface area contributed by atoms with Crippen LogP contribution in [-0.4, -0.2) is 70.7 Å². The molecule has 0 spiro atoms. The highest BCUT2D eigenvalue weighted by Crippen LogP contribution is 2.19.